The largest absolute Gasteiger partial charge is 0.329 e. The number of fused-ring (bicyclic) bond motifs is 3. The maximum atomic E-state index is 4.89. The Kier molecular flexibility index (Phi) is 7.58. The van der Waals surface area contributed by atoms with Crippen LogP contribution in [0, 0.1) is 5.41 Å². The van der Waals surface area contributed by atoms with Gasteiger partial charge in [0.2, 0.25) is 0 Å². The summed E-state index contributed by atoms with van der Waals surface area (Å²) in [6.45, 7) is 13.1. The van der Waals surface area contributed by atoms with Gasteiger partial charge in [0.1, 0.15) is 12.1 Å². The highest BCUT2D eigenvalue weighted by atomic mass is 15.3. The van der Waals surface area contributed by atoms with Gasteiger partial charge >= 0.3 is 0 Å². The zero-order valence-electron chi connectivity index (χ0n) is 22.8. The molecule has 5 nitrogen and oxygen atoms in total. The number of aryl methyl sites for hydroxylation is 1. The van der Waals surface area contributed by atoms with Crippen molar-refractivity contribution in [2.75, 3.05) is 11.9 Å². The second kappa shape index (κ2) is 10.7. The molecule has 0 saturated carbocycles. The summed E-state index contributed by atoms with van der Waals surface area (Å²) < 4.78 is 1.98. The lowest BCUT2D eigenvalue weighted by atomic mass is 9.79. The Labute approximate surface area is 215 Å². The SMILES string of the molecule is CC.CCCc1ccc2c(N(C)c3cccc(C4=CCCC(C(C)(C)C)=C4)c3)nc3nncn3c2c1. The second-order valence-electron chi connectivity index (χ2n) is 10.3. The molecule has 188 valence electrons. The third-order valence-corrected chi connectivity index (χ3v) is 6.79. The van der Waals surface area contributed by atoms with Crippen LogP contribution < -0.4 is 4.90 Å². The Balaban J connectivity index is 0.00000148. The van der Waals surface area contributed by atoms with Gasteiger partial charge in [-0.2, -0.15) is 4.98 Å². The molecule has 0 atom stereocenters. The maximum Gasteiger partial charge on any atom is 0.257 e. The zero-order valence-corrected chi connectivity index (χ0v) is 22.8. The molecule has 1 aliphatic carbocycles. The standard InChI is InChI=1S/C29H33N5.C2H6/c1-6-9-20-14-15-25-26(16-20)34-19-30-32-28(34)31-27(25)33(5)24-13-8-11-22(18-24)21-10-7-12-23(17-21)29(2,3)4;1-2/h8,10-11,13-19H,6-7,9,12H2,1-5H3;1-2H3. The number of hydrogen-bond donors (Lipinski definition) is 0. The van der Waals surface area contributed by atoms with E-state index in [-0.39, 0.29) is 5.41 Å². The molecule has 0 saturated heterocycles. The number of allylic oxidation sites excluding steroid dienone is 4. The van der Waals surface area contributed by atoms with Crippen molar-refractivity contribution in [3.05, 3.63) is 77.6 Å². The molecule has 0 radical (unpaired) electrons. The van der Waals surface area contributed by atoms with E-state index in [9.17, 15) is 0 Å². The fourth-order valence-corrected chi connectivity index (χ4v) is 4.81. The third kappa shape index (κ3) is 5.06. The van der Waals surface area contributed by atoms with Crippen molar-refractivity contribution in [1.82, 2.24) is 19.6 Å². The number of aromatic nitrogens is 4. The fourth-order valence-electron chi connectivity index (χ4n) is 4.81. The minimum absolute atomic E-state index is 0.195. The predicted molar refractivity (Wildman–Crippen MR) is 153 cm³/mol. The van der Waals surface area contributed by atoms with Gasteiger partial charge in [0, 0.05) is 18.1 Å². The Bertz CT molecular complexity index is 1420. The van der Waals surface area contributed by atoms with Crippen molar-refractivity contribution in [1.29, 1.82) is 0 Å². The van der Waals surface area contributed by atoms with Crippen molar-refractivity contribution in [2.45, 2.75) is 67.2 Å². The van der Waals surface area contributed by atoms with E-state index in [4.69, 9.17) is 4.98 Å². The Morgan fingerprint density at radius 2 is 1.86 bits per heavy atom. The molecular weight excluding hydrogens is 442 g/mol. The number of nitrogens with zero attached hydrogens (tertiary/aromatic N) is 5. The van der Waals surface area contributed by atoms with Crippen LogP contribution in [0.2, 0.25) is 0 Å². The second-order valence-corrected chi connectivity index (χ2v) is 10.3. The molecule has 5 heteroatoms. The quantitative estimate of drug-likeness (QED) is 0.288. The van der Waals surface area contributed by atoms with Gasteiger partial charge in [-0.3, -0.25) is 4.40 Å². The number of hydrogen-bond acceptors (Lipinski definition) is 4. The highest BCUT2D eigenvalue weighted by Crippen LogP contribution is 2.37. The summed E-state index contributed by atoms with van der Waals surface area (Å²) in [7, 11) is 2.08. The molecule has 0 aliphatic heterocycles. The summed E-state index contributed by atoms with van der Waals surface area (Å²) >= 11 is 0. The molecule has 1 aliphatic rings. The average Bonchev–Trinajstić information content (AvgIpc) is 3.38. The molecule has 0 unspecified atom stereocenters. The number of rotatable bonds is 5. The molecular formula is C31H39N5. The predicted octanol–water partition coefficient (Wildman–Crippen LogP) is 8.17. The Morgan fingerprint density at radius 1 is 1.06 bits per heavy atom. The van der Waals surface area contributed by atoms with Crippen LogP contribution in [0.25, 0.3) is 22.3 Å². The Hall–Kier alpha value is -3.47. The molecule has 2 aromatic carbocycles. The monoisotopic (exact) mass is 481 g/mol. The van der Waals surface area contributed by atoms with E-state index >= 15 is 0 Å². The van der Waals surface area contributed by atoms with Crippen LogP contribution in [0.1, 0.15) is 71.9 Å². The first-order valence-electron chi connectivity index (χ1n) is 13.2. The van der Waals surface area contributed by atoms with Crippen LogP contribution in [-0.4, -0.2) is 26.6 Å². The van der Waals surface area contributed by atoms with Crippen molar-refractivity contribution in [2.24, 2.45) is 5.41 Å². The first-order chi connectivity index (χ1) is 17.3. The lowest BCUT2D eigenvalue weighted by Crippen LogP contribution is -2.13. The van der Waals surface area contributed by atoms with Gasteiger partial charge in [0.05, 0.1) is 5.52 Å². The minimum Gasteiger partial charge on any atom is -0.329 e. The molecule has 5 rings (SSSR count). The minimum atomic E-state index is 0.195. The summed E-state index contributed by atoms with van der Waals surface area (Å²) in [6.07, 6.45) is 10.9. The van der Waals surface area contributed by atoms with Gasteiger partial charge in [-0.25, -0.2) is 0 Å². The molecule has 0 fully saturated rings. The molecule has 0 bridgehead atoms. The van der Waals surface area contributed by atoms with E-state index in [0.717, 1.165) is 48.1 Å². The normalized spacial score (nSPS) is 13.8. The van der Waals surface area contributed by atoms with Crippen LogP contribution >= 0.6 is 0 Å². The van der Waals surface area contributed by atoms with E-state index in [1.165, 1.54) is 22.3 Å². The molecule has 2 heterocycles. The summed E-state index contributed by atoms with van der Waals surface area (Å²) in [5, 5.41) is 9.47. The smallest absolute Gasteiger partial charge is 0.257 e. The van der Waals surface area contributed by atoms with Crippen LogP contribution in [0.3, 0.4) is 0 Å². The summed E-state index contributed by atoms with van der Waals surface area (Å²) in [5.74, 6) is 1.51. The van der Waals surface area contributed by atoms with Gasteiger partial charge in [0.15, 0.2) is 0 Å². The average molecular weight is 482 g/mol. The van der Waals surface area contributed by atoms with Gasteiger partial charge < -0.3 is 4.90 Å². The molecule has 0 spiro atoms. The molecule has 0 amide bonds. The highest BCUT2D eigenvalue weighted by molar-refractivity contribution is 5.94. The number of anilines is 2. The highest BCUT2D eigenvalue weighted by Gasteiger charge is 2.20. The van der Waals surface area contributed by atoms with Crippen LogP contribution in [-0.2, 0) is 6.42 Å². The van der Waals surface area contributed by atoms with Gasteiger partial charge in [-0.05, 0) is 65.6 Å². The summed E-state index contributed by atoms with van der Waals surface area (Å²) in [4.78, 5) is 7.06. The van der Waals surface area contributed by atoms with Crippen molar-refractivity contribution < 1.29 is 0 Å². The van der Waals surface area contributed by atoms with Crippen LogP contribution in [0.5, 0.6) is 0 Å². The summed E-state index contributed by atoms with van der Waals surface area (Å²) in [5.41, 5.74) is 7.76. The molecule has 36 heavy (non-hydrogen) atoms. The fraction of sp³-hybridized carbons (Fsp3) is 0.387. The van der Waals surface area contributed by atoms with Crippen LogP contribution in [0.15, 0.2) is 66.5 Å². The molecule has 0 N–H and O–H groups in total. The van der Waals surface area contributed by atoms with Gasteiger partial charge in [-0.1, -0.05) is 83.9 Å². The van der Waals surface area contributed by atoms with Crippen LogP contribution in [0.4, 0.5) is 11.5 Å². The van der Waals surface area contributed by atoms with E-state index in [1.807, 2.05) is 18.2 Å². The maximum absolute atomic E-state index is 4.89. The lowest BCUT2D eigenvalue weighted by molar-refractivity contribution is 0.482. The first-order valence-corrected chi connectivity index (χ1v) is 13.2. The van der Waals surface area contributed by atoms with Crippen molar-refractivity contribution in [3.8, 4) is 0 Å². The van der Waals surface area contributed by atoms with Gasteiger partial charge in [0.25, 0.3) is 5.78 Å². The van der Waals surface area contributed by atoms with E-state index in [2.05, 4.69) is 104 Å². The lowest BCUT2D eigenvalue weighted by Gasteiger charge is -2.26. The molecule has 2 aromatic heterocycles. The summed E-state index contributed by atoms with van der Waals surface area (Å²) in [6, 6.07) is 15.4. The topological polar surface area (TPSA) is 46.3 Å². The third-order valence-electron chi connectivity index (χ3n) is 6.79. The van der Waals surface area contributed by atoms with Crippen molar-refractivity contribution in [3.63, 3.8) is 0 Å². The Morgan fingerprint density at radius 3 is 2.61 bits per heavy atom. The first kappa shape index (κ1) is 25.6. The van der Waals surface area contributed by atoms with E-state index < -0.39 is 0 Å². The van der Waals surface area contributed by atoms with E-state index in [0.29, 0.717) is 5.78 Å². The number of benzene rings is 2. The van der Waals surface area contributed by atoms with Crippen molar-refractivity contribution >= 4 is 33.8 Å². The molecule has 4 aromatic rings. The van der Waals surface area contributed by atoms with E-state index in [1.54, 1.807) is 6.33 Å². The van der Waals surface area contributed by atoms with Gasteiger partial charge in [-0.15, -0.1) is 10.2 Å². The zero-order chi connectivity index (χ0) is 25.9.